The Balaban J connectivity index is 0.000000414. The summed E-state index contributed by atoms with van der Waals surface area (Å²) in [4.78, 5) is 33.5. The van der Waals surface area contributed by atoms with E-state index in [-0.39, 0.29) is 11.2 Å². The first-order valence-corrected chi connectivity index (χ1v) is 10.9. The summed E-state index contributed by atoms with van der Waals surface area (Å²) in [7, 11) is 0. The lowest BCUT2D eigenvalue weighted by molar-refractivity contribution is -0.134. The summed E-state index contributed by atoms with van der Waals surface area (Å²) in [6.45, 7) is 8.35. The third-order valence-corrected chi connectivity index (χ3v) is 6.21. The Bertz CT molecular complexity index is 1010. The fraction of sp³-hybridized carbons (Fsp3) is 0.346. The SMILES string of the molecule is CCC(=O)c1cccc(N2CC[C@@](C)(c3cccc(O)c3)[C@@H](C)C2)c1.O=C(O)/C=C\C(=O)O. The molecule has 0 unspecified atom stereocenters. The summed E-state index contributed by atoms with van der Waals surface area (Å²) < 4.78 is 0. The lowest BCUT2D eigenvalue weighted by atomic mass is 9.68. The lowest BCUT2D eigenvalue weighted by Crippen LogP contribution is -2.47. The van der Waals surface area contributed by atoms with Gasteiger partial charge < -0.3 is 20.2 Å². The van der Waals surface area contributed by atoms with Gasteiger partial charge in [0.15, 0.2) is 5.78 Å². The van der Waals surface area contributed by atoms with Crippen molar-refractivity contribution in [1.82, 2.24) is 0 Å². The second kappa shape index (κ2) is 11.3. The highest BCUT2D eigenvalue weighted by Gasteiger charge is 2.38. The average Bonchev–Trinajstić information content (AvgIpc) is 2.79. The molecule has 2 aromatic rings. The Hall–Kier alpha value is -3.61. The number of hydrogen-bond acceptors (Lipinski definition) is 5. The molecule has 1 aliphatic heterocycles. The van der Waals surface area contributed by atoms with Gasteiger partial charge in [-0.2, -0.15) is 0 Å². The van der Waals surface area contributed by atoms with Crippen molar-refractivity contribution in [1.29, 1.82) is 0 Å². The Labute approximate surface area is 194 Å². The van der Waals surface area contributed by atoms with Crippen LogP contribution in [0.5, 0.6) is 5.75 Å². The number of rotatable bonds is 6. The molecule has 3 N–H and O–H groups in total. The topological polar surface area (TPSA) is 115 Å². The number of piperidine rings is 1. The van der Waals surface area contributed by atoms with Crippen molar-refractivity contribution in [3.8, 4) is 5.75 Å². The minimum atomic E-state index is -1.26. The number of carbonyl (C=O) groups excluding carboxylic acids is 1. The van der Waals surface area contributed by atoms with Crippen molar-refractivity contribution >= 4 is 23.4 Å². The number of carbonyl (C=O) groups is 3. The summed E-state index contributed by atoms with van der Waals surface area (Å²) in [6.07, 6.45) is 2.67. The number of phenols is 1. The van der Waals surface area contributed by atoms with Crippen LogP contribution in [0.15, 0.2) is 60.7 Å². The zero-order valence-corrected chi connectivity index (χ0v) is 19.2. The molecule has 1 aliphatic rings. The summed E-state index contributed by atoms with van der Waals surface area (Å²) in [5.41, 5.74) is 3.18. The summed E-state index contributed by atoms with van der Waals surface area (Å²) in [5.74, 6) is -1.55. The molecule has 2 atom stereocenters. The van der Waals surface area contributed by atoms with Crippen LogP contribution in [0.1, 0.15) is 49.5 Å². The molecule has 7 heteroatoms. The number of benzene rings is 2. The van der Waals surface area contributed by atoms with Gasteiger partial charge in [0.05, 0.1) is 0 Å². The molecule has 33 heavy (non-hydrogen) atoms. The molecular weight excluding hydrogens is 422 g/mol. The third-order valence-electron chi connectivity index (χ3n) is 6.21. The molecule has 0 radical (unpaired) electrons. The standard InChI is InChI=1S/C22H27NO2.C4H4O4/c1-4-21(25)17-7-5-9-19(13-17)23-12-11-22(3,16(2)15-23)18-8-6-10-20(24)14-18;5-3(6)1-2-4(7)8/h5-10,13-14,16,24H,4,11-12,15H2,1-3H3;1-2H,(H,5,6)(H,7,8)/b;2-1-/t16-,22+;/m0./s1. The van der Waals surface area contributed by atoms with Crippen LogP contribution >= 0.6 is 0 Å². The molecule has 2 aromatic carbocycles. The molecule has 1 fully saturated rings. The van der Waals surface area contributed by atoms with Gasteiger partial charge in [-0.3, -0.25) is 4.79 Å². The number of ketones is 1. The number of hydrogen-bond donors (Lipinski definition) is 3. The number of aliphatic carboxylic acids is 2. The number of aromatic hydroxyl groups is 1. The minimum absolute atomic E-state index is 0.0477. The molecule has 0 spiro atoms. The van der Waals surface area contributed by atoms with Crippen LogP contribution in [-0.4, -0.2) is 46.1 Å². The molecule has 0 saturated carbocycles. The van der Waals surface area contributed by atoms with Crippen molar-refractivity contribution in [2.45, 2.75) is 39.0 Å². The maximum atomic E-state index is 12.0. The van der Waals surface area contributed by atoms with E-state index in [1.165, 1.54) is 5.56 Å². The first kappa shape index (κ1) is 25.6. The van der Waals surface area contributed by atoms with Crippen LogP contribution in [-0.2, 0) is 15.0 Å². The fourth-order valence-corrected chi connectivity index (χ4v) is 3.98. The summed E-state index contributed by atoms with van der Waals surface area (Å²) >= 11 is 0. The number of nitrogens with zero attached hydrogens (tertiary/aromatic N) is 1. The molecule has 1 heterocycles. The predicted octanol–water partition coefficient (Wildman–Crippen LogP) is 4.50. The number of carboxylic acid groups (broad SMARTS) is 2. The Kier molecular flexibility index (Phi) is 8.79. The van der Waals surface area contributed by atoms with Gasteiger partial charge in [0.1, 0.15) is 5.75 Å². The molecule has 1 saturated heterocycles. The first-order chi connectivity index (χ1) is 15.6. The molecule has 176 valence electrons. The van der Waals surface area contributed by atoms with Crippen LogP contribution in [0, 0.1) is 5.92 Å². The Morgan fingerprint density at radius 1 is 1.06 bits per heavy atom. The molecular formula is C26H31NO6. The van der Waals surface area contributed by atoms with E-state index in [2.05, 4.69) is 30.9 Å². The van der Waals surface area contributed by atoms with Gasteiger partial charge in [-0.15, -0.1) is 0 Å². The van der Waals surface area contributed by atoms with Gasteiger partial charge in [0.25, 0.3) is 0 Å². The van der Waals surface area contributed by atoms with E-state index < -0.39 is 11.9 Å². The molecule has 7 nitrogen and oxygen atoms in total. The van der Waals surface area contributed by atoms with E-state index in [1.807, 2.05) is 37.3 Å². The molecule has 0 aliphatic carbocycles. The van der Waals surface area contributed by atoms with Gasteiger partial charge in [-0.25, -0.2) is 9.59 Å². The predicted molar refractivity (Wildman–Crippen MR) is 127 cm³/mol. The normalized spacial score (nSPS) is 20.1. The van der Waals surface area contributed by atoms with E-state index in [0.29, 0.717) is 30.2 Å². The van der Waals surface area contributed by atoms with E-state index in [9.17, 15) is 19.5 Å². The first-order valence-electron chi connectivity index (χ1n) is 10.9. The quantitative estimate of drug-likeness (QED) is 0.436. The fourth-order valence-electron chi connectivity index (χ4n) is 3.98. The maximum Gasteiger partial charge on any atom is 0.328 e. The summed E-state index contributed by atoms with van der Waals surface area (Å²) in [6, 6.07) is 15.7. The third kappa shape index (κ3) is 6.94. The van der Waals surface area contributed by atoms with Gasteiger partial charge in [0, 0.05) is 42.9 Å². The van der Waals surface area contributed by atoms with E-state index in [4.69, 9.17) is 10.2 Å². The molecule has 3 rings (SSSR count). The van der Waals surface area contributed by atoms with Gasteiger partial charge in [0.2, 0.25) is 0 Å². The minimum Gasteiger partial charge on any atom is -0.508 e. The van der Waals surface area contributed by atoms with Crippen molar-refractivity contribution in [3.63, 3.8) is 0 Å². The highest BCUT2D eigenvalue weighted by atomic mass is 16.4. The number of phenolic OH excluding ortho intramolecular Hbond substituents is 1. The second-order valence-corrected chi connectivity index (χ2v) is 8.40. The number of Topliss-reactive ketones (excluding diaryl/α,β-unsaturated/α-hetero) is 1. The Morgan fingerprint density at radius 2 is 1.70 bits per heavy atom. The van der Waals surface area contributed by atoms with Gasteiger partial charge >= 0.3 is 11.9 Å². The van der Waals surface area contributed by atoms with Crippen LogP contribution < -0.4 is 4.90 Å². The van der Waals surface area contributed by atoms with Crippen LogP contribution in [0.4, 0.5) is 5.69 Å². The van der Waals surface area contributed by atoms with Crippen LogP contribution in [0.25, 0.3) is 0 Å². The van der Waals surface area contributed by atoms with E-state index in [1.54, 1.807) is 6.07 Å². The monoisotopic (exact) mass is 453 g/mol. The average molecular weight is 454 g/mol. The number of anilines is 1. The second-order valence-electron chi connectivity index (χ2n) is 8.40. The highest BCUT2D eigenvalue weighted by molar-refractivity contribution is 5.96. The van der Waals surface area contributed by atoms with Gasteiger partial charge in [-0.1, -0.05) is 45.0 Å². The van der Waals surface area contributed by atoms with Gasteiger partial charge in [-0.05, 0) is 47.6 Å². The van der Waals surface area contributed by atoms with Crippen LogP contribution in [0.2, 0.25) is 0 Å². The molecule has 0 amide bonds. The van der Waals surface area contributed by atoms with E-state index >= 15 is 0 Å². The van der Waals surface area contributed by atoms with Crippen molar-refractivity contribution in [3.05, 3.63) is 71.8 Å². The molecule has 0 aromatic heterocycles. The highest BCUT2D eigenvalue weighted by Crippen LogP contribution is 2.41. The molecule has 0 bridgehead atoms. The lowest BCUT2D eigenvalue weighted by Gasteiger charge is -2.46. The van der Waals surface area contributed by atoms with Crippen LogP contribution in [0.3, 0.4) is 0 Å². The zero-order valence-electron chi connectivity index (χ0n) is 19.2. The van der Waals surface area contributed by atoms with E-state index in [0.717, 1.165) is 30.8 Å². The van der Waals surface area contributed by atoms with Crippen molar-refractivity contribution < 1.29 is 29.7 Å². The van der Waals surface area contributed by atoms with Crippen molar-refractivity contribution in [2.24, 2.45) is 5.92 Å². The number of carboxylic acids is 2. The Morgan fingerprint density at radius 3 is 2.24 bits per heavy atom. The largest absolute Gasteiger partial charge is 0.508 e. The summed E-state index contributed by atoms with van der Waals surface area (Å²) in [5, 5.41) is 25.5. The maximum absolute atomic E-state index is 12.0. The smallest absolute Gasteiger partial charge is 0.328 e. The van der Waals surface area contributed by atoms with Crippen molar-refractivity contribution in [2.75, 3.05) is 18.0 Å². The zero-order chi connectivity index (χ0) is 24.6.